The van der Waals surface area contributed by atoms with E-state index < -0.39 is 36.2 Å². The number of methoxy groups -OCH3 is 1. The number of aromatic hydroxyl groups is 1. The molecule has 2 atom stereocenters. The zero-order chi connectivity index (χ0) is 54.4. The van der Waals surface area contributed by atoms with Crippen molar-refractivity contribution in [2.24, 2.45) is 17.3 Å². The number of terminal acetylenes is 1. The minimum absolute atomic E-state index is 0.0248. The number of likely N-dealkylation sites (tertiary alicyclic amines) is 1. The van der Waals surface area contributed by atoms with Crippen LogP contribution in [0.1, 0.15) is 91.7 Å². The van der Waals surface area contributed by atoms with Crippen LogP contribution in [0, 0.1) is 41.2 Å². The number of rotatable bonds is 12. The number of phenols is 1. The number of fused-ring (bicyclic) bond motifs is 2. The van der Waals surface area contributed by atoms with Gasteiger partial charge in [-0.2, -0.15) is 9.97 Å². The van der Waals surface area contributed by atoms with Crippen LogP contribution in [0.5, 0.6) is 17.5 Å². The summed E-state index contributed by atoms with van der Waals surface area (Å²) in [4.78, 5) is 62.3. The molecule has 5 fully saturated rings. The number of piperidine rings is 2. The molecule has 4 amide bonds. The normalized spacial score (nSPS) is 22.3. The second-order valence-electron chi connectivity index (χ2n) is 21.5. The minimum atomic E-state index is -2.78. The molecule has 1 saturated carbocycles. The number of imide groups is 1. The first-order valence-electron chi connectivity index (χ1n) is 27.3. The molecule has 16 nitrogen and oxygen atoms in total. The Kier molecular flexibility index (Phi) is 13.3. The lowest BCUT2D eigenvalue weighted by Crippen LogP contribution is -2.50. The highest BCUT2D eigenvalue weighted by atomic mass is 19.1. The lowest BCUT2D eigenvalue weighted by Gasteiger charge is -2.47. The topological polar surface area (TPSA) is 177 Å². The number of hydrogen-bond acceptors (Lipinski definition) is 13. The number of urea groups is 1. The number of nitrogens with zero attached hydrogens (tertiary/aromatic N) is 8. The minimum Gasteiger partial charge on any atom is -0.508 e. The number of phenolic OH excluding ortho intramolecular Hbond substituents is 1. The fraction of sp³-hybridized carbons (Fsp3) is 0.500. The number of aliphatic hydroxyl groups is 1. The van der Waals surface area contributed by atoms with Gasteiger partial charge in [0.1, 0.15) is 34.3 Å². The molecule has 10 rings (SSSR count). The molecule has 0 unspecified atom stereocenters. The highest BCUT2D eigenvalue weighted by Crippen LogP contribution is 2.47. The van der Waals surface area contributed by atoms with Crippen molar-refractivity contribution < 1.29 is 47.0 Å². The molecule has 5 aliphatic rings. The van der Waals surface area contributed by atoms with E-state index in [1.54, 1.807) is 6.92 Å². The summed E-state index contributed by atoms with van der Waals surface area (Å²) in [5.74, 6) is 1.06. The number of piperazine rings is 1. The first-order chi connectivity index (χ1) is 36.7. The standard InChI is InChI=1S/C56H65F2N9O7/c1-5-40-43(57)9-7-37-27-39(68)29-41(47(37)40)49-48(58)50-42(30-59-49)51(66-19-6-14-55(3,72)34-66)62-53(61-50)74-33-35(2)31-63-23-25-64(26-24-63)32-36-11-15-56(16-12-36)17-21-65(22-18-56)52(70)38-8-10-45(73-4)44(28-38)67-20-13-46(69)60-54(67)71/h1,7-10,27-30,35-36,68,72H,6,11-26,31-34H2,2-4H3,(H,60,69,71)/t35-,55-/m1/s1/i4D3. The van der Waals surface area contributed by atoms with Crippen LogP contribution in [0.2, 0.25) is 0 Å². The number of aromatic nitrogens is 3. The van der Waals surface area contributed by atoms with Crippen LogP contribution in [-0.2, 0) is 4.79 Å². The maximum absolute atomic E-state index is 17.0. The summed E-state index contributed by atoms with van der Waals surface area (Å²) in [6.07, 6.45) is 14.8. The fourth-order valence-electron chi connectivity index (χ4n) is 12.0. The van der Waals surface area contributed by atoms with E-state index in [1.807, 2.05) is 9.80 Å². The van der Waals surface area contributed by atoms with Crippen molar-refractivity contribution in [2.75, 3.05) is 95.4 Å². The first-order valence-corrected chi connectivity index (χ1v) is 25.8. The Hall–Kier alpha value is -6.68. The summed E-state index contributed by atoms with van der Waals surface area (Å²) in [5.41, 5.74) is -0.593. The fourth-order valence-corrected chi connectivity index (χ4v) is 12.0. The summed E-state index contributed by atoms with van der Waals surface area (Å²) in [6.45, 7) is 11.7. The number of nitrogens with one attached hydrogen (secondary N) is 1. The first kappa shape index (κ1) is 47.1. The zero-order valence-corrected chi connectivity index (χ0v) is 42.0. The van der Waals surface area contributed by atoms with Crippen LogP contribution in [0.15, 0.2) is 48.7 Å². The monoisotopic (exact) mass is 1020 g/mol. The molecule has 4 aliphatic heterocycles. The summed E-state index contributed by atoms with van der Waals surface area (Å²) in [5, 5.41) is 24.9. The Balaban J connectivity index is 0.726. The number of hydrogen-bond donors (Lipinski definition) is 3. The van der Waals surface area contributed by atoms with Gasteiger partial charge >= 0.3 is 12.0 Å². The van der Waals surface area contributed by atoms with Crippen LogP contribution in [0.25, 0.3) is 32.9 Å². The smallest absolute Gasteiger partial charge is 0.328 e. The van der Waals surface area contributed by atoms with Crippen LogP contribution in [0.4, 0.5) is 25.1 Å². The Morgan fingerprint density at radius 2 is 1.76 bits per heavy atom. The van der Waals surface area contributed by atoms with Crippen molar-refractivity contribution in [2.45, 2.75) is 77.2 Å². The van der Waals surface area contributed by atoms with Gasteiger partial charge in [-0.3, -0.25) is 24.8 Å². The summed E-state index contributed by atoms with van der Waals surface area (Å²) < 4.78 is 66.4. The molecule has 4 saturated heterocycles. The van der Waals surface area contributed by atoms with Crippen molar-refractivity contribution >= 4 is 51.0 Å². The third-order valence-electron chi connectivity index (χ3n) is 16.1. The molecule has 6 heterocycles. The van der Waals surface area contributed by atoms with E-state index in [0.717, 1.165) is 77.8 Å². The quantitative estimate of drug-likeness (QED) is 0.106. The van der Waals surface area contributed by atoms with Gasteiger partial charge in [0.15, 0.2) is 5.82 Å². The van der Waals surface area contributed by atoms with Crippen LogP contribution in [0.3, 0.4) is 0 Å². The molecule has 390 valence electrons. The molecular formula is C56H65F2N9O7. The lowest BCUT2D eigenvalue weighted by atomic mass is 9.65. The number of pyridine rings is 1. The Bertz CT molecular complexity index is 3130. The van der Waals surface area contributed by atoms with Crippen molar-refractivity contribution in [1.82, 2.24) is 35.0 Å². The predicted molar refractivity (Wildman–Crippen MR) is 277 cm³/mol. The van der Waals surface area contributed by atoms with Crippen molar-refractivity contribution in [3.8, 4) is 41.1 Å². The number of benzene rings is 3. The third-order valence-corrected chi connectivity index (χ3v) is 16.1. The Morgan fingerprint density at radius 1 is 0.986 bits per heavy atom. The Labute approximate surface area is 434 Å². The highest BCUT2D eigenvalue weighted by molar-refractivity contribution is 6.07. The maximum atomic E-state index is 17.0. The molecule has 74 heavy (non-hydrogen) atoms. The average molecular weight is 1020 g/mol. The van der Waals surface area contributed by atoms with E-state index in [0.29, 0.717) is 60.5 Å². The molecule has 3 N–H and O–H groups in total. The van der Waals surface area contributed by atoms with E-state index in [-0.39, 0.29) is 94.3 Å². The zero-order valence-electron chi connectivity index (χ0n) is 45.0. The summed E-state index contributed by atoms with van der Waals surface area (Å²) >= 11 is 0. The van der Waals surface area contributed by atoms with Crippen LogP contribution in [-0.4, -0.2) is 149 Å². The molecule has 18 heteroatoms. The SMILES string of the molecule is [2H]C([2H])([2H])Oc1ccc(C(=O)N2CCC3(CCC(CN4CCN(C[C@@H](C)COc5nc(N6CCC[C@@](C)(O)C6)c6cnc(-c7cc(O)cc8ccc(F)c(C#C)c78)c(F)c6n5)CC4)CC3)CC2)cc1N1CCC(=O)NC1=O. The largest absolute Gasteiger partial charge is 0.508 e. The van der Waals surface area contributed by atoms with Crippen LogP contribution < -0.4 is 24.6 Å². The van der Waals surface area contributed by atoms with Gasteiger partial charge in [0.2, 0.25) is 5.91 Å². The van der Waals surface area contributed by atoms with Gasteiger partial charge in [-0.1, -0.05) is 18.9 Å². The van der Waals surface area contributed by atoms with Gasteiger partial charge in [0.05, 0.1) is 40.0 Å². The number of anilines is 2. The van der Waals surface area contributed by atoms with E-state index in [1.165, 1.54) is 53.6 Å². The number of carbonyl (C=O) groups is 3. The van der Waals surface area contributed by atoms with Crippen molar-refractivity contribution in [1.29, 1.82) is 0 Å². The van der Waals surface area contributed by atoms with Crippen molar-refractivity contribution in [3.05, 3.63) is 71.4 Å². The summed E-state index contributed by atoms with van der Waals surface area (Å²) in [7, 11) is -2.78. The van der Waals surface area contributed by atoms with E-state index in [9.17, 15) is 24.6 Å². The van der Waals surface area contributed by atoms with Gasteiger partial charge < -0.3 is 39.3 Å². The van der Waals surface area contributed by atoms with Gasteiger partial charge in [-0.15, -0.1) is 6.42 Å². The third kappa shape index (κ3) is 10.5. The average Bonchev–Trinajstić information content (AvgIpc) is 3.39. The van der Waals surface area contributed by atoms with Gasteiger partial charge in [-0.25, -0.2) is 13.6 Å². The molecule has 3 aromatic carbocycles. The number of amides is 4. The Morgan fingerprint density at radius 3 is 2.49 bits per heavy atom. The molecule has 0 bridgehead atoms. The number of β-amino-alcohol motifs (C(OH)–C–C–N with tert-alkyl or cyclic N) is 1. The van der Waals surface area contributed by atoms with Gasteiger partial charge in [0.25, 0.3) is 5.91 Å². The second kappa shape index (κ2) is 20.9. The predicted octanol–water partition coefficient (Wildman–Crippen LogP) is 7.36. The van der Waals surface area contributed by atoms with Crippen LogP contribution >= 0.6 is 0 Å². The molecule has 5 aromatic rings. The number of carbonyl (C=O) groups excluding carboxylic acids is 3. The van der Waals surface area contributed by atoms with Gasteiger partial charge in [0, 0.05) is 107 Å². The molecular weight excluding hydrogens is 949 g/mol. The second-order valence-corrected chi connectivity index (χ2v) is 21.5. The number of ether oxygens (including phenoxy) is 2. The molecule has 0 radical (unpaired) electrons. The molecule has 2 aromatic heterocycles. The van der Waals surface area contributed by atoms with E-state index >= 15 is 8.78 Å². The molecule has 1 aliphatic carbocycles. The van der Waals surface area contributed by atoms with Crippen molar-refractivity contribution in [3.63, 3.8) is 0 Å². The number of halogens is 2. The van der Waals surface area contributed by atoms with E-state index in [4.69, 9.17) is 25.0 Å². The highest BCUT2D eigenvalue weighted by Gasteiger charge is 2.40. The van der Waals surface area contributed by atoms with Gasteiger partial charge in [-0.05, 0) is 111 Å². The summed E-state index contributed by atoms with van der Waals surface area (Å²) in [6, 6.07) is 9.09. The molecule has 1 spiro atoms. The maximum Gasteiger partial charge on any atom is 0.328 e. The lowest BCUT2D eigenvalue weighted by molar-refractivity contribution is -0.120. The van der Waals surface area contributed by atoms with E-state index in [2.05, 4.69) is 37.9 Å².